The van der Waals surface area contributed by atoms with E-state index in [2.05, 4.69) is 20.8 Å². The second-order valence-corrected chi connectivity index (χ2v) is 11.6. The lowest BCUT2D eigenvalue weighted by Gasteiger charge is -2.07. The molecule has 6 heteroatoms. The third-order valence-corrected chi connectivity index (χ3v) is 6.89. The molecule has 0 spiro atoms. The van der Waals surface area contributed by atoms with Crippen LogP contribution in [0.5, 0.6) is 0 Å². The highest BCUT2D eigenvalue weighted by Crippen LogP contribution is 2.12. The molecule has 0 aliphatic heterocycles. The molecular formula is C35H68O6. The molecule has 0 rings (SSSR count). The van der Waals surface area contributed by atoms with Crippen molar-refractivity contribution in [1.82, 2.24) is 0 Å². The van der Waals surface area contributed by atoms with Gasteiger partial charge in [0.25, 0.3) is 0 Å². The van der Waals surface area contributed by atoms with Gasteiger partial charge in [-0.1, -0.05) is 124 Å². The van der Waals surface area contributed by atoms with Gasteiger partial charge in [0.2, 0.25) is 0 Å². The maximum absolute atomic E-state index is 11.4. The zero-order valence-corrected chi connectivity index (χ0v) is 27.9. The van der Waals surface area contributed by atoms with Gasteiger partial charge in [-0.3, -0.25) is 14.4 Å². The molecule has 244 valence electrons. The van der Waals surface area contributed by atoms with E-state index < -0.39 is 0 Å². The number of hydrogen-bond acceptors (Lipinski definition) is 6. The highest BCUT2D eigenvalue weighted by Gasteiger charge is 2.05. The molecule has 0 aromatic heterocycles. The summed E-state index contributed by atoms with van der Waals surface area (Å²) in [6.45, 7) is 11.3. The lowest BCUT2D eigenvalue weighted by molar-refractivity contribution is -0.147. The van der Waals surface area contributed by atoms with E-state index in [-0.39, 0.29) is 24.0 Å². The van der Waals surface area contributed by atoms with Crippen molar-refractivity contribution in [3.05, 3.63) is 0 Å². The van der Waals surface area contributed by atoms with Gasteiger partial charge in [-0.2, -0.15) is 0 Å². The fourth-order valence-electron chi connectivity index (χ4n) is 4.31. The molecule has 0 heterocycles. The normalized spacial score (nSPS) is 10.7. The fraction of sp³-hybridized carbons (Fsp3) is 0.914. The van der Waals surface area contributed by atoms with Gasteiger partial charge in [-0.25, -0.2) is 0 Å². The van der Waals surface area contributed by atoms with Crippen molar-refractivity contribution in [1.29, 1.82) is 0 Å². The minimum absolute atomic E-state index is 0.0280. The monoisotopic (exact) mass is 585 g/mol. The van der Waals surface area contributed by atoms with Crippen LogP contribution in [0.1, 0.15) is 189 Å². The molecule has 0 unspecified atom stereocenters. The van der Waals surface area contributed by atoms with Crippen LogP contribution in [-0.2, 0) is 28.6 Å². The van der Waals surface area contributed by atoms with E-state index in [0.717, 1.165) is 70.6 Å². The van der Waals surface area contributed by atoms with Crippen LogP contribution in [0, 0.1) is 0 Å². The first-order valence-corrected chi connectivity index (χ1v) is 17.4. The summed E-state index contributed by atoms with van der Waals surface area (Å²) in [5.74, 6) is -0.169. The molecule has 0 aromatic rings. The molecule has 0 saturated heterocycles. The molecule has 0 aliphatic carbocycles. The molecular weight excluding hydrogens is 516 g/mol. The summed E-state index contributed by atoms with van der Waals surface area (Å²) >= 11 is 0. The molecule has 41 heavy (non-hydrogen) atoms. The quantitative estimate of drug-likeness (QED) is 0.0517. The third-order valence-electron chi connectivity index (χ3n) is 6.89. The Labute approximate surface area is 254 Å². The number of hydrogen-bond donors (Lipinski definition) is 0. The van der Waals surface area contributed by atoms with Crippen molar-refractivity contribution >= 4 is 17.9 Å². The van der Waals surface area contributed by atoms with Gasteiger partial charge in [0.15, 0.2) is 0 Å². The van der Waals surface area contributed by atoms with Crippen LogP contribution in [-0.4, -0.2) is 37.2 Å². The Kier molecular flexibility index (Phi) is 35.1. The number of unbranched alkanes of at least 4 members (excludes halogenated alkanes) is 17. The van der Waals surface area contributed by atoms with Gasteiger partial charge in [-0.15, -0.1) is 0 Å². The van der Waals surface area contributed by atoms with E-state index in [4.69, 9.17) is 14.2 Å². The van der Waals surface area contributed by atoms with Gasteiger partial charge in [-0.05, 0) is 46.0 Å². The molecule has 0 amide bonds. The molecule has 0 aromatic carbocycles. The van der Waals surface area contributed by atoms with Crippen molar-refractivity contribution in [2.75, 3.05) is 13.2 Å². The first kappa shape index (κ1) is 41.5. The highest BCUT2D eigenvalue weighted by atomic mass is 16.5. The van der Waals surface area contributed by atoms with Gasteiger partial charge >= 0.3 is 17.9 Å². The number of ether oxygens (including phenoxy) is 3. The van der Waals surface area contributed by atoms with Crippen LogP contribution in [0.15, 0.2) is 0 Å². The topological polar surface area (TPSA) is 78.9 Å². The molecule has 0 atom stereocenters. The maximum atomic E-state index is 11.4. The Morgan fingerprint density at radius 3 is 1.02 bits per heavy atom. The summed E-state index contributed by atoms with van der Waals surface area (Å²) < 4.78 is 15.3. The molecule has 0 bridgehead atoms. The largest absolute Gasteiger partial charge is 0.466 e. The summed E-state index contributed by atoms with van der Waals surface area (Å²) in [5, 5.41) is 0. The summed E-state index contributed by atoms with van der Waals surface area (Å²) in [5.41, 5.74) is 0. The fourth-order valence-corrected chi connectivity index (χ4v) is 4.31. The standard InChI is InChI=1S/C18H34O4.C17H34O2/c1-3-5-15-21-17(19)13-11-9-7-8-10-12-14-18(20)22-16-6-4-2;1-4-5-6-7-8-9-10-11-12-13-14-15-17(18)19-16(2)3/h3-16H2,1-2H3;16H,4-15H2,1-3H3. The van der Waals surface area contributed by atoms with E-state index in [1.165, 1.54) is 64.2 Å². The third kappa shape index (κ3) is 38.4. The molecule has 6 nitrogen and oxygen atoms in total. The van der Waals surface area contributed by atoms with Crippen LogP contribution in [0.2, 0.25) is 0 Å². The van der Waals surface area contributed by atoms with Crippen LogP contribution >= 0.6 is 0 Å². The predicted octanol–water partition coefficient (Wildman–Crippen LogP) is 10.4. The van der Waals surface area contributed by atoms with Crippen molar-refractivity contribution in [2.24, 2.45) is 0 Å². The zero-order chi connectivity index (χ0) is 30.8. The summed E-state index contributed by atoms with van der Waals surface area (Å²) in [4.78, 5) is 34.0. The van der Waals surface area contributed by atoms with E-state index in [1.54, 1.807) is 0 Å². The van der Waals surface area contributed by atoms with E-state index in [0.29, 0.717) is 32.5 Å². The van der Waals surface area contributed by atoms with Crippen molar-refractivity contribution in [2.45, 2.75) is 195 Å². The Hall–Kier alpha value is -1.59. The molecule has 0 aliphatic rings. The first-order valence-electron chi connectivity index (χ1n) is 17.4. The number of esters is 3. The maximum Gasteiger partial charge on any atom is 0.306 e. The lowest BCUT2D eigenvalue weighted by Crippen LogP contribution is -2.10. The average molecular weight is 585 g/mol. The first-order chi connectivity index (χ1) is 19.9. The minimum Gasteiger partial charge on any atom is -0.466 e. The molecule has 0 fully saturated rings. The number of carbonyl (C=O) groups excluding carboxylic acids is 3. The Morgan fingerprint density at radius 1 is 0.415 bits per heavy atom. The number of rotatable bonds is 28. The van der Waals surface area contributed by atoms with Crippen LogP contribution in [0.25, 0.3) is 0 Å². The molecule has 0 saturated carbocycles. The van der Waals surface area contributed by atoms with Gasteiger partial charge in [0.1, 0.15) is 0 Å². The Balaban J connectivity index is 0. The van der Waals surface area contributed by atoms with E-state index >= 15 is 0 Å². The average Bonchev–Trinajstić information content (AvgIpc) is 2.93. The molecule has 0 N–H and O–H groups in total. The van der Waals surface area contributed by atoms with Crippen molar-refractivity contribution in [3.8, 4) is 0 Å². The molecule has 0 radical (unpaired) electrons. The van der Waals surface area contributed by atoms with Gasteiger partial charge in [0.05, 0.1) is 19.3 Å². The zero-order valence-electron chi connectivity index (χ0n) is 27.9. The second kappa shape index (κ2) is 34.6. The van der Waals surface area contributed by atoms with Gasteiger partial charge < -0.3 is 14.2 Å². The Morgan fingerprint density at radius 2 is 0.707 bits per heavy atom. The van der Waals surface area contributed by atoms with Crippen molar-refractivity contribution < 1.29 is 28.6 Å². The second-order valence-electron chi connectivity index (χ2n) is 11.6. The summed E-state index contributed by atoms with van der Waals surface area (Å²) in [7, 11) is 0. The highest BCUT2D eigenvalue weighted by molar-refractivity contribution is 5.69. The summed E-state index contributed by atoms with van der Waals surface area (Å²) in [6.07, 6.45) is 26.3. The summed E-state index contributed by atoms with van der Waals surface area (Å²) in [6, 6.07) is 0. The van der Waals surface area contributed by atoms with Crippen LogP contribution in [0.3, 0.4) is 0 Å². The smallest absolute Gasteiger partial charge is 0.306 e. The predicted molar refractivity (Wildman–Crippen MR) is 171 cm³/mol. The van der Waals surface area contributed by atoms with Gasteiger partial charge in [0, 0.05) is 19.3 Å². The SMILES string of the molecule is CCCCCCCCCCCCCC(=O)OC(C)C.CCCCOC(=O)CCCCCCCCC(=O)OCCCC. The van der Waals surface area contributed by atoms with Crippen LogP contribution < -0.4 is 0 Å². The van der Waals surface area contributed by atoms with Crippen LogP contribution in [0.4, 0.5) is 0 Å². The number of carbonyl (C=O) groups is 3. The van der Waals surface area contributed by atoms with E-state index in [1.807, 2.05) is 13.8 Å². The van der Waals surface area contributed by atoms with E-state index in [9.17, 15) is 14.4 Å². The lowest BCUT2D eigenvalue weighted by atomic mass is 10.1. The van der Waals surface area contributed by atoms with Crippen molar-refractivity contribution in [3.63, 3.8) is 0 Å². The Bertz CT molecular complexity index is 547. The minimum atomic E-state index is -0.0664.